The van der Waals surface area contributed by atoms with Gasteiger partial charge in [-0.2, -0.15) is 0 Å². The molecule has 0 bridgehead atoms. The highest BCUT2D eigenvalue weighted by molar-refractivity contribution is 9.12. The van der Waals surface area contributed by atoms with Gasteiger partial charge < -0.3 is 5.32 Å². The normalized spacial score (nSPS) is 11.6. The number of nitrogens with one attached hydrogen (secondary N) is 1. The smallest absolute Gasteiger partial charge is 0.253 e. The molecule has 0 fully saturated rings. The van der Waals surface area contributed by atoms with Gasteiger partial charge in [-0.15, -0.1) is 22.9 Å². The molecular formula is C12H16Br2ClNOS. The fraction of sp³-hybridized carbons (Fsp3) is 0.583. The molecule has 1 aromatic heterocycles. The molecule has 0 saturated heterocycles. The monoisotopic (exact) mass is 415 g/mol. The Hall–Kier alpha value is 0.420. The predicted molar refractivity (Wildman–Crippen MR) is 85.8 cm³/mol. The van der Waals surface area contributed by atoms with Gasteiger partial charge in [-0.1, -0.05) is 13.8 Å². The first-order valence-corrected chi connectivity index (χ1v) is 8.70. The van der Waals surface area contributed by atoms with Crippen LogP contribution in [0.15, 0.2) is 13.6 Å². The summed E-state index contributed by atoms with van der Waals surface area (Å²) in [5.74, 6) is 0.509. The molecule has 0 aliphatic heterocycles. The molecule has 2 nitrogen and oxygen atoms in total. The minimum absolute atomic E-state index is 0.00303. The van der Waals surface area contributed by atoms with Crippen molar-refractivity contribution < 1.29 is 4.79 Å². The van der Waals surface area contributed by atoms with Gasteiger partial charge in [0.05, 0.1) is 13.1 Å². The van der Waals surface area contributed by atoms with Gasteiger partial charge in [0.15, 0.2) is 0 Å². The van der Waals surface area contributed by atoms with Gasteiger partial charge in [-0.25, -0.2) is 0 Å². The van der Waals surface area contributed by atoms with Crippen molar-refractivity contribution in [3.05, 3.63) is 19.2 Å². The molecule has 0 atom stereocenters. The Morgan fingerprint density at radius 2 is 2.06 bits per heavy atom. The van der Waals surface area contributed by atoms with E-state index in [1.54, 1.807) is 0 Å². The third-order valence-electron chi connectivity index (χ3n) is 3.31. The molecule has 102 valence electrons. The van der Waals surface area contributed by atoms with E-state index in [0.29, 0.717) is 18.0 Å². The van der Waals surface area contributed by atoms with Crippen LogP contribution in [0.3, 0.4) is 0 Å². The summed E-state index contributed by atoms with van der Waals surface area (Å²) in [5, 5.41) is 2.98. The zero-order chi connectivity index (χ0) is 13.8. The van der Waals surface area contributed by atoms with Gasteiger partial charge in [0, 0.05) is 17.8 Å². The molecule has 1 heterocycles. The Bertz CT molecular complexity index is 410. The highest BCUT2D eigenvalue weighted by Crippen LogP contribution is 2.32. The van der Waals surface area contributed by atoms with E-state index in [-0.39, 0.29) is 11.3 Å². The quantitative estimate of drug-likeness (QED) is 0.645. The van der Waals surface area contributed by atoms with Crippen molar-refractivity contribution in [3.63, 3.8) is 0 Å². The Balaban J connectivity index is 2.69. The maximum atomic E-state index is 12.1. The van der Waals surface area contributed by atoms with Crippen molar-refractivity contribution in [2.75, 3.05) is 12.4 Å². The Labute approximate surface area is 134 Å². The second-order valence-corrected chi connectivity index (χ2v) is 8.28. The second-order valence-electron chi connectivity index (χ2n) is 4.26. The zero-order valence-corrected chi connectivity index (χ0v) is 15.1. The highest BCUT2D eigenvalue weighted by Gasteiger charge is 2.26. The topological polar surface area (TPSA) is 29.1 Å². The fourth-order valence-electron chi connectivity index (χ4n) is 1.59. The molecule has 0 saturated carbocycles. The van der Waals surface area contributed by atoms with E-state index < -0.39 is 0 Å². The maximum Gasteiger partial charge on any atom is 0.253 e. The zero-order valence-electron chi connectivity index (χ0n) is 10.4. The SMILES string of the molecule is CCC(CC)(CCl)CNC(=O)c1cc(Br)sc1Br. The van der Waals surface area contributed by atoms with Crippen molar-refractivity contribution in [1.29, 1.82) is 0 Å². The van der Waals surface area contributed by atoms with Crippen molar-refractivity contribution in [2.24, 2.45) is 5.41 Å². The summed E-state index contributed by atoms with van der Waals surface area (Å²) in [6, 6.07) is 1.82. The number of amides is 1. The maximum absolute atomic E-state index is 12.1. The van der Waals surface area contributed by atoms with Crippen molar-refractivity contribution in [2.45, 2.75) is 26.7 Å². The number of rotatable bonds is 6. The molecule has 0 aliphatic carbocycles. The molecule has 0 aliphatic rings. The van der Waals surface area contributed by atoms with Crippen molar-refractivity contribution >= 4 is 60.7 Å². The number of halogens is 3. The van der Waals surface area contributed by atoms with E-state index in [2.05, 4.69) is 51.0 Å². The largest absolute Gasteiger partial charge is 0.351 e. The highest BCUT2D eigenvalue weighted by atomic mass is 79.9. The van der Waals surface area contributed by atoms with Crippen LogP contribution in [0.2, 0.25) is 0 Å². The Kier molecular flexibility index (Phi) is 6.65. The van der Waals surface area contributed by atoms with Crippen LogP contribution in [-0.2, 0) is 0 Å². The van der Waals surface area contributed by atoms with E-state index in [1.165, 1.54) is 11.3 Å². The molecule has 1 amide bonds. The van der Waals surface area contributed by atoms with Gasteiger partial charge >= 0.3 is 0 Å². The molecule has 1 aromatic rings. The van der Waals surface area contributed by atoms with Gasteiger partial charge in [0.1, 0.15) is 0 Å². The molecule has 0 aromatic carbocycles. The summed E-state index contributed by atoms with van der Waals surface area (Å²) in [6.45, 7) is 4.83. The first-order chi connectivity index (χ1) is 8.48. The number of carbonyl (C=O) groups excluding carboxylic acids is 1. The van der Waals surface area contributed by atoms with Crippen LogP contribution in [0.1, 0.15) is 37.0 Å². The second kappa shape index (κ2) is 7.27. The van der Waals surface area contributed by atoms with Gasteiger partial charge in [0.25, 0.3) is 5.91 Å². The van der Waals surface area contributed by atoms with E-state index >= 15 is 0 Å². The van der Waals surface area contributed by atoms with E-state index in [4.69, 9.17) is 11.6 Å². The van der Waals surface area contributed by atoms with Crippen molar-refractivity contribution in [3.8, 4) is 0 Å². The summed E-state index contributed by atoms with van der Waals surface area (Å²) in [4.78, 5) is 12.1. The standard InChI is InChI=1S/C12H16Br2ClNOS/c1-3-12(4-2,6-15)7-16-11(17)8-5-9(13)18-10(8)14/h5H,3-4,6-7H2,1-2H3,(H,16,17). The van der Waals surface area contributed by atoms with E-state index in [9.17, 15) is 4.79 Å². The van der Waals surface area contributed by atoms with Crippen LogP contribution in [-0.4, -0.2) is 18.3 Å². The van der Waals surface area contributed by atoms with Crippen LogP contribution in [0, 0.1) is 5.41 Å². The molecule has 1 rings (SSSR count). The number of hydrogen-bond donors (Lipinski definition) is 1. The molecular weight excluding hydrogens is 401 g/mol. The minimum atomic E-state index is -0.0554. The average Bonchev–Trinajstić information content (AvgIpc) is 2.70. The van der Waals surface area contributed by atoms with Crippen LogP contribution in [0.4, 0.5) is 0 Å². The number of alkyl halides is 1. The summed E-state index contributed by atoms with van der Waals surface area (Å²) in [7, 11) is 0. The lowest BCUT2D eigenvalue weighted by atomic mass is 9.84. The third-order valence-corrected chi connectivity index (χ3v) is 6.21. The molecule has 6 heteroatoms. The summed E-state index contributed by atoms with van der Waals surface area (Å²) < 4.78 is 1.78. The van der Waals surface area contributed by atoms with Crippen LogP contribution >= 0.6 is 54.8 Å². The third kappa shape index (κ3) is 3.95. The molecule has 1 N–H and O–H groups in total. The first-order valence-electron chi connectivity index (χ1n) is 5.77. The molecule has 0 spiro atoms. The number of carbonyl (C=O) groups is 1. The van der Waals surface area contributed by atoms with Gasteiger partial charge in [-0.3, -0.25) is 4.79 Å². The summed E-state index contributed by atoms with van der Waals surface area (Å²) >= 11 is 14.3. The summed E-state index contributed by atoms with van der Waals surface area (Å²) in [6.07, 6.45) is 1.92. The predicted octanol–water partition coefficient (Wildman–Crippen LogP) is 5.05. The van der Waals surface area contributed by atoms with E-state index in [0.717, 1.165) is 20.4 Å². The van der Waals surface area contributed by atoms with Crippen LogP contribution in [0.5, 0.6) is 0 Å². The fourth-order valence-corrected chi connectivity index (χ4v) is 4.86. The summed E-state index contributed by atoms with van der Waals surface area (Å²) in [5.41, 5.74) is 0.666. The van der Waals surface area contributed by atoms with Crippen molar-refractivity contribution in [1.82, 2.24) is 5.32 Å². The van der Waals surface area contributed by atoms with Gasteiger partial charge in [-0.05, 0) is 50.8 Å². The number of hydrogen-bond acceptors (Lipinski definition) is 2. The molecule has 0 radical (unpaired) electrons. The van der Waals surface area contributed by atoms with Crippen LogP contribution in [0.25, 0.3) is 0 Å². The molecule has 18 heavy (non-hydrogen) atoms. The number of thiophene rings is 1. The van der Waals surface area contributed by atoms with E-state index in [1.807, 2.05) is 6.07 Å². The minimum Gasteiger partial charge on any atom is -0.351 e. The average molecular weight is 418 g/mol. The lowest BCUT2D eigenvalue weighted by Gasteiger charge is -2.29. The van der Waals surface area contributed by atoms with Gasteiger partial charge in [0.2, 0.25) is 0 Å². The lowest BCUT2D eigenvalue weighted by molar-refractivity contribution is 0.0931. The van der Waals surface area contributed by atoms with Crippen LogP contribution < -0.4 is 5.32 Å². The molecule has 0 unspecified atom stereocenters. The lowest BCUT2D eigenvalue weighted by Crippen LogP contribution is -2.38. The first kappa shape index (κ1) is 16.5. The Morgan fingerprint density at radius 1 is 1.44 bits per heavy atom. The Morgan fingerprint density at radius 3 is 2.44 bits per heavy atom.